The molecule has 1 aliphatic heterocycles. The molecule has 0 saturated carbocycles. The summed E-state index contributed by atoms with van der Waals surface area (Å²) in [6, 6.07) is 7.98. The molecule has 4 N–H and O–H groups in total. The Morgan fingerprint density at radius 1 is 1.42 bits per heavy atom. The predicted molar refractivity (Wildman–Crippen MR) is 69.9 cm³/mol. The molecule has 0 radical (unpaired) electrons. The average Bonchev–Trinajstić information content (AvgIpc) is 2.38. The van der Waals surface area contributed by atoms with Crippen molar-refractivity contribution in [2.45, 2.75) is 18.6 Å². The number of amides is 1. The third-order valence-electron chi connectivity index (χ3n) is 3.40. The molecule has 1 amide bonds. The molecule has 1 aromatic carbocycles. The van der Waals surface area contributed by atoms with Crippen molar-refractivity contribution in [3.05, 3.63) is 35.9 Å². The first-order valence-corrected chi connectivity index (χ1v) is 6.06. The summed E-state index contributed by atoms with van der Waals surface area (Å²) in [7, 11) is 0. The zero-order chi connectivity index (χ0) is 14.0. The van der Waals surface area contributed by atoms with Gasteiger partial charge in [0.15, 0.2) is 5.78 Å². The lowest BCUT2D eigenvalue weighted by atomic mass is 9.91. The van der Waals surface area contributed by atoms with Gasteiger partial charge in [0.1, 0.15) is 11.7 Å². The fourth-order valence-electron chi connectivity index (χ4n) is 2.35. The molecule has 1 saturated heterocycles. The van der Waals surface area contributed by atoms with Gasteiger partial charge >= 0.3 is 6.09 Å². The van der Waals surface area contributed by atoms with Crippen molar-refractivity contribution in [3.63, 3.8) is 0 Å². The van der Waals surface area contributed by atoms with Crippen LogP contribution in [0.3, 0.4) is 0 Å². The number of hydrogen-bond acceptors (Lipinski definition) is 4. The summed E-state index contributed by atoms with van der Waals surface area (Å²) in [5.41, 5.74) is 5.32. The van der Waals surface area contributed by atoms with Crippen LogP contribution in [-0.2, 0) is 0 Å². The Morgan fingerprint density at radius 3 is 2.63 bits per heavy atom. The molecular weight excluding hydrogens is 246 g/mol. The zero-order valence-corrected chi connectivity index (χ0v) is 10.7. The number of rotatable bonds is 2. The highest BCUT2D eigenvalue weighted by atomic mass is 16.4. The minimum atomic E-state index is -1.27. The maximum Gasteiger partial charge on any atom is 0.408 e. The maximum atomic E-state index is 12.4. The molecule has 2 rings (SSSR count). The van der Waals surface area contributed by atoms with E-state index in [1.165, 1.54) is 0 Å². The monoisotopic (exact) mass is 263 g/mol. The number of carboxylic acid groups (broad SMARTS) is 1. The van der Waals surface area contributed by atoms with Gasteiger partial charge in [-0.1, -0.05) is 30.3 Å². The lowest BCUT2D eigenvalue weighted by Gasteiger charge is -2.45. The van der Waals surface area contributed by atoms with Gasteiger partial charge < -0.3 is 16.2 Å². The molecule has 0 aromatic heterocycles. The van der Waals surface area contributed by atoms with Gasteiger partial charge in [0.25, 0.3) is 0 Å². The van der Waals surface area contributed by atoms with Crippen LogP contribution in [0.2, 0.25) is 0 Å². The van der Waals surface area contributed by atoms with Crippen molar-refractivity contribution in [1.82, 2.24) is 10.2 Å². The van der Waals surface area contributed by atoms with Crippen LogP contribution in [0.25, 0.3) is 0 Å². The summed E-state index contributed by atoms with van der Waals surface area (Å²) >= 11 is 0. The van der Waals surface area contributed by atoms with Crippen LogP contribution in [0.15, 0.2) is 30.3 Å². The molecule has 1 aromatic rings. The fourth-order valence-corrected chi connectivity index (χ4v) is 2.35. The minimum Gasteiger partial charge on any atom is -0.465 e. The highest BCUT2D eigenvalue weighted by Gasteiger charge is 2.45. The summed E-state index contributed by atoms with van der Waals surface area (Å²) in [6.07, 6.45) is -1.11. The number of nitrogens with two attached hydrogens (primary N) is 1. The number of benzene rings is 1. The molecule has 2 atom stereocenters. The Balaban J connectivity index is 2.29. The molecule has 102 valence electrons. The molecule has 6 heteroatoms. The van der Waals surface area contributed by atoms with Crippen molar-refractivity contribution < 1.29 is 14.7 Å². The normalized spacial score (nSPS) is 27.1. The lowest BCUT2D eigenvalue weighted by Crippen LogP contribution is -2.73. The van der Waals surface area contributed by atoms with E-state index in [1.54, 1.807) is 31.2 Å². The van der Waals surface area contributed by atoms with E-state index in [9.17, 15) is 9.59 Å². The molecule has 19 heavy (non-hydrogen) atoms. The van der Waals surface area contributed by atoms with Gasteiger partial charge in [0.2, 0.25) is 0 Å². The summed E-state index contributed by atoms with van der Waals surface area (Å²) in [4.78, 5) is 24.7. The van der Waals surface area contributed by atoms with Gasteiger partial charge in [-0.15, -0.1) is 0 Å². The number of ketones is 1. The van der Waals surface area contributed by atoms with Crippen LogP contribution in [0, 0.1) is 0 Å². The molecule has 1 aliphatic rings. The van der Waals surface area contributed by atoms with Crippen molar-refractivity contribution in [2.24, 2.45) is 5.73 Å². The molecule has 1 fully saturated rings. The first-order chi connectivity index (χ1) is 8.94. The van der Waals surface area contributed by atoms with Crippen LogP contribution in [0.4, 0.5) is 4.79 Å². The van der Waals surface area contributed by atoms with Gasteiger partial charge in [-0.3, -0.25) is 9.69 Å². The number of nitrogens with one attached hydrogen (secondary N) is 1. The highest BCUT2D eigenvalue weighted by molar-refractivity contribution is 6.01. The Hall–Kier alpha value is -1.92. The second-order valence-electron chi connectivity index (χ2n) is 4.78. The van der Waals surface area contributed by atoms with Crippen molar-refractivity contribution >= 4 is 11.9 Å². The third kappa shape index (κ3) is 2.45. The number of nitrogens with zero attached hydrogens (tertiary/aromatic N) is 1. The van der Waals surface area contributed by atoms with Crippen LogP contribution >= 0.6 is 0 Å². The number of carbonyl (C=O) groups excluding carboxylic acids is 1. The lowest BCUT2D eigenvalue weighted by molar-refractivity contribution is 0.0379. The number of carbonyl (C=O) groups is 2. The van der Waals surface area contributed by atoms with Crippen molar-refractivity contribution in [2.75, 3.05) is 13.1 Å². The largest absolute Gasteiger partial charge is 0.465 e. The molecule has 0 bridgehead atoms. The Kier molecular flexibility index (Phi) is 3.55. The van der Waals surface area contributed by atoms with Crippen LogP contribution in [0.5, 0.6) is 0 Å². The van der Waals surface area contributed by atoms with Crippen LogP contribution < -0.4 is 11.1 Å². The van der Waals surface area contributed by atoms with Gasteiger partial charge in [0.05, 0.1) is 0 Å². The molecule has 1 heterocycles. The third-order valence-corrected chi connectivity index (χ3v) is 3.40. The SMILES string of the molecule is CC1(N)C(C(=O)c2ccccc2)NCCN1C(=O)O. The second kappa shape index (κ2) is 4.99. The van der Waals surface area contributed by atoms with Crippen LogP contribution in [-0.4, -0.2) is 46.7 Å². The van der Waals surface area contributed by atoms with E-state index >= 15 is 0 Å². The van der Waals surface area contributed by atoms with Crippen molar-refractivity contribution in [3.8, 4) is 0 Å². The summed E-state index contributed by atoms with van der Waals surface area (Å²) in [5.74, 6) is -0.198. The van der Waals surface area contributed by atoms with E-state index in [0.717, 1.165) is 4.90 Å². The predicted octanol–water partition coefficient (Wildman–Crippen LogP) is 0.496. The van der Waals surface area contributed by atoms with E-state index in [0.29, 0.717) is 12.1 Å². The second-order valence-corrected chi connectivity index (χ2v) is 4.78. The van der Waals surface area contributed by atoms with Gasteiger partial charge in [-0.2, -0.15) is 0 Å². The topological polar surface area (TPSA) is 95.7 Å². The molecule has 2 unspecified atom stereocenters. The van der Waals surface area contributed by atoms with E-state index in [1.807, 2.05) is 6.07 Å². The maximum absolute atomic E-state index is 12.4. The van der Waals surface area contributed by atoms with Crippen LogP contribution in [0.1, 0.15) is 17.3 Å². The molecule has 6 nitrogen and oxygen atoms in total. The molecule has 0 spiro atoms. The van der Waals surface area contributed by atoms with E-state index < -0.39 is 17.8 Å². The molecular formula is C13H17N3O3. The minimum absolute atomic E-state index is 0.198. The number of piperazine rings is 1. The Labute approximate surface area is 111 Å². The van der Waals surface area contributed by atoms with Crippen molar-refractivity contribution in [1.29, 1.82) is 0 Å². The Morgan fingerprint density at radius 2 is 2.05 bits per heavy atom. The summed E-state index contributed by atoms with van der Waals surface area (Å²) in [5, 5.41) is 12.2. The Bertz CT molecular complexity index is 487. The van der Waals surface area contributed by atoms with Gasteiger partial charge in [-0.25, -0.2) is 4.79 Å². The smallest absolute Gasteiger partial charge is 0.408 e. The van der Waals surface area contributed by atoms with Gasteiger partial charge in [-0.05, 0) is 6.92 Å². The van der Waals surface area contributed by atoms with E-state index in [2.05, 4.69) is 5.32 Å². The average molecular weight is 263 g/mol. The van der Waals surface area contributed by atoms with Gasteiger partial charge in [0, 0.05) is 18.7 Å². The first kappa shape index (κ1) is 13.5. The van der Waals surface area contributed by atoms with E-state index in [4.69, 9.17) is 10.8 Å². The fraction of sp³-hybridized carbons (Fsp3) is 0.385. The quantitative estimate of drug-likeness (QED) is 0.675. The summed E-state index contributed by atoms with van der Waals surface area (Å²) < 4.78 is 0. The highest BCUT2D eigenvalue weighted by Crippen LogP contribution is 2.20. The number of Topliss-reactive ketones (excluding diaryl/α,β-unsaturated/α-hetero) is 1. The number of hydrogen-bond donors (Lipinski definition) is 3. The summed E-state index contributed by atoms with van der Waals surface area (Å²) in [6.45, 7) is 2.22. The molecule has 0 aliphatic carbocycles. The van der Waals surface area contributed by atoms with E-state index in [-0.39, 0.29) is 12.3 Å². The standard InChI is InChI=1S/C13H17N3O3/c1-13(14)11(15-7-8-16(13)12(18)19)10(17)9-5-3-2-4-6-9/h2-6,11,15H,7-8,14H2,1H3,(H,18,19). The first-order valence-electron chi connectivity index (χ1n) is 6.06. The zero-order valence-electron chi connectivity index (χ0n) is 10.7.